The third kappa shape index (κ3) is 14.9. The smallest absolute Gasteiger partial charge is 0.408 e. The van der Waals surface area contributed by atoms with Gasteiger partial charge in [0.05, 0.1) is 29.5 Å². The second-order valence-corrected chi connectivity index (χ2v) is 23.0. The monoisotopic (exact) mass is 1120 g/mol. The number of nitrogens with one attached hydrogen (secondary N) is 1. The van der Waals surface area contributed by atoms with E-state index in [1.165, 1.54) is 26.0 Å². The molecule has 81 heavy (non-hydrogen) atoms. The number of aliphatic hydroxyl groups excluding tert-OH is 2. The van der Waals surface area contributed by atoms with Gasteiger partial charge in [0.25, 0.3) is 0 Å². The van der Waals surface area contributed by atoms with Crippen molar-refractivity contribution in [3.05, 3.63) is 156 Å². The summed E-state index contributed by atoms with van der Waals surface area (Å²) in [4.78, 5) is 85.3. The zero-order chi connectivity index (χ0) is 59.2. The molecule has 1 aliphatic heterocycles. The second kappa shape index (κ2) is 27.8. The molecule has 16 nitrogen and oxygen atoms in total. The van der Waals surface area contributed by atoms with Gasteiger partial charge < -0.3 is 49.1 Å². The van der Waals surface area contributed by atoms with Crippen molar-refractivity contribution in [3.63, 3.8) is 0 Å². The first-order valence-corrected chi connectivity index (χ1v) is 28.2. The topological polar surface area (TPSA) is 231 Å². The summed E-state index contributed by atoms with van der Waals surface area (Å²) in [5, 5.41) is 41.0. The molecule has 2 bridgehead atoms. The van der Waals surface area contributed by atoms with Crippen LogP contribution in [0.1, 0.15) is 148 Å². The number of benzene rings is 2. The number of Topliss-reactive ketones (excluding diaryl/α,β-unsaturated/α-hetero) is 1. The molecular weight excluding hydrogens is 1030 g/mol. The Morgan fingerprint density at radius 3 is 1.85 bits per heavy atom. The molecule has 2 unspecified atom stereocenters. The van der Waals surface area contributed by atoms with E-state index in [1.807, 2.05) is 18.2 Å². The van der Waals surface area contributed by atoms with Crippen molar-refractivity contribution in [3.8, 4) is 0 Å². The van der Waals surface area contributed by atoms with Crippen LogP contribution in [0.15, 0.2) is 145 Å². The number of aliphatic hydroxyl groups is 3. The molecule has 3 aliphatic carbocycles. The first-order valence-electron chi connectivity index (χ1n) is 28.2. The van der Waals surface area contributed by atoms with Crippen LogP contribution in [0.4, 0.5) is 4.79 Å². The van der Waals surface area contributed by atoms with Crippen LogP contribution in [-0.4, -0.2) is 111 Å². The average molecular weight is 1120 g/mol. The predicted octanol–water partition coefficient (Wildman–Crippen LogP) is 10.3. The van der Waals surface area contributed by atoms with E-state index in [9.17, 15) is 39.3 Å². The first kappa shape index (κ1) is 63.5. The SMILES string of the molecule is CC/C=C\C/C=C\C/C=C\C/C=C\C/C=C\C/C=C\CCC(=O)O[C@H]1C[C@H]2OC[C@@]2(OC(C)=O)[C@H]2[C@H](OC(=O)c3ccccc3)[C@]3(O)CC(OC(=O)[C@H](O)C(NC(=O)OC(C)(C)C)c4ccccc4)C(C)=C([C@@H](O)C(=O)[C@]12C)C3(C)C. The third-order valence-corrected chi connectivity index (χ3v) is 15.9. The lowest BCUT2D eigenvalue weighted by Crippen LogP contribution is -2.82. The lowest BCUT2D eigenvalue weighted by atomic mass is 9.44. The van der Waals surface area contributed by atoms with Gasteiger partial charge in [-0.1, -0.05) is 142 Å². The number of ether oxygens (including phenoxy) is 6. The summed E-state index contributed by atoms with van der Waals surface area (Å²) in [5.74, 6) is -6.19. The van der Waals surface area contributed by atoms with Crippen molar-refractivity contribution in [2.24, 2.45) is 16.7 Å². The standard InChI is InChI=1S/C65H83NO15/c1-10-11-12-13-14-15-16-17-18-19-20-21-22-23-24-25-26-27-34-39-50(68)78-48-40-49-64(42-76-49,80-44(3)67)55-57(79-58(72)46-37-32-29-33-38-46)65(75)41-47(43(2)51(62(65,7)8)53(69)56(71)63(48,55)9)77-59(73)54(70)52(45-35-30-28-31-36-45)66-60(74)81-61(4,5)6/h11-12,14-15,17-18,20-21,23-24,26-33,35-38,47-49,52-55,57,69-70,75H,10,13,16,19,22,25,34,39-42H2,1-9H3,(H,66,74)/b12-11-,15-14-,18-17-,21-20-,24-23-,27-26-/t47?,48-,49+,52?,53+,54+,55-,57-,63+,64-,65+/m0/s1. The fraction of sp³-hybridized carbons (Fsp3) is 0.508. The van der Waals surface area contributed by atoms with Gasteiger partial charge in [-0.15, -0.1) is 0 Å². The van der Waals surface area contributed by atoms with Crippen LogP contribution in [0, 0.1) is 16.7 Å². The van der Waals surface area contributed by atoms with Crippen LogP contribution in [0.2, 0.25) is 0 Å². The number of alkyl carbamates (subject to hydrolysis) is 1. The molecular formula is C65H83NO15. The summed E-state index contributed by atoms with van der Waals surface area (Å²) in [6.07, 6.45) is 18.7. The van der Waals surface area contributed by atoms with Crippen molar-refractivity contribution in [2.45, 2.75) is 186 Å². The van der Waals surface area contributed by atoms with Crippen molar-refractivity contribution < 1.29 is 72.5 Å². The quantitative estimate of drug-likeness (QED) is 0.0461. The highest BCUT2D eigenvalue weighted by Crippen LogP contribution is 2.64. The molecule has 0 spiro atoms. The van der Waals surface area contributed by atoms with Crippen LogP contribution in [0.25, 0.3) is 0 Å². The van der Waals surface area contributed by atoms with Crippen molar-refractivity contribution >= 4 is 35.8 Å². The highest BCUT2D eigenvalue weighted by Gasteiger charge is 2.78. The number of fused-ring (bicyclic) bond motifs is 5. The Bertz CT molecular complexity index is 2750. The van der Waals surface area contributed by atoms with Crippen LogP contribution >= 0.6 is 0 Å². The average Bonchev–Trinajstić information content (AvgIpc) is 1.08. The lowest BCUT2D eigenvalue weighted by molar-refractivity contribution is -0.346. The van der Waals surface area contributed by atoms with E-state index in [-0.39, 0.29) is 36.2 Å². The Kier molecular flexibility index (Phi) is 21.8. The van der Waals surface area contributed by atoms with Gasteiger partial charge in [0, 0.05) is 31.6 Å². The summed E-state index contributed by atoms with van der Waals surface area (Å²) in [6.45, 7) is 14.0. The Morgan fingerprint density at radius 1 is 0.790 bits per heavy atom. The molecule has 2 aromatic rings. The minimum atomic E-state index is -2.43. The summed E-state index contributed by atoms with van der Waals surface area (Å²) < 4.78 is 36.7. The molecule has 2 saturated carbocycles. The Hall–Kier alpha value is -6.72. The fourth-order valence-electron chi connectivity index (χ4n) is 11.8. The minimum absolute atomic E-state index is 0.0588. The van der Waals surface area contributed by atoms with Gasteiger partial charge in [-0.25, -0.2) is 14.4 Å². The highest BCUT2D eigenvalue weighted by atomic mass is 16.6. The highest BCUT2D eigenvalue weighted by molar-refractivity contribution is 5.94. The Balaban J connectivity index is 1.29. The maximum atomic E-state index is 15.8. The normalized spacial score (nSPS) is 28.0. The number of rotatable bonds is 23. The van der Waals surface area contributed by atoms with Crippen molar-refractivity contribution in [2.75, 3.05) is 6.61 Å². The molecule has 4 aliphatic rings. The molecule has 11 atom stereocenters. The molecule has 6 rings (SSSR count). The van der Waals surface area contributed by atoms with Gasteiger partial charge in [0.1, 0.15) is 41.7 Å². The number of hydrogen-bond donors (Lipinski definition) is 4. The summed E-state index contributed by atoms with van der Waals surface area (Å²) >= 11 is 0. The largest absolute Gasteiger partial charge is 0.461 e. The zero-order valence-corrected chi connectivity index (χ0v) is 48.3. The van der Waals surface area contributed by atoms with Gasteiger partial charge in [-0.05, 0) is 108 Å². The van der Waals surface area contributed by atoms with Gasteiger partial charge >= 0.3 is 30.0 Å². The number of ketones is 1. The van der Waals surface area contributed by atoms with Crippen molar-refractivity contribution in [1.82, 2.24) is 5.32 Å². The van der Waals surface area contributed by atoms with Crippen molar-refractivity contribution in [1.29, 1.82) is 0 Å². The minimum Gasteiger partial charge on any atom is -0.461 e. The second-order valence-electron chi connectivity index (χ2n) is 23.0. The van der Waals surface area contributed by atoms with E-state index in [4.69, 9.17) is 28.4 Å². The molecule has 16 heteroatoms. The summed E-state index contributed by atoms with van der Waals surface area (Å²) in [6, 6.07) is 14.6. The van der Waals surface area contributed by atoms with Gasteiger partial charge in [-0.2, -0.15) is 0 Å². The van der Waals surface area contributed by atoms with E-state index in [2.05, 4.69) is 66.9 Å². The van der Waals surface area contributed by atoms with Crippen LogP contribution in [0.3, 0.4) is 0 Å². The lowest BCUT2D eigenvalue weighted by Gasteiger charge is -2.67. The molecule has 0 aromatic heterocycles. The van der Waals surface area contributed by atoms with E-state index < -0.39 is 118 Å². The van der Waals surface area contributed by atoms with Gasteiger partial charge in [0.2, 0.25) is 0 Å². The summed E-state index contributed by atoms with van der Waals surface area (Å²) in [7, 11) is 0. The number of hydrogen-bond acceptors (Lipinski definition) is 15. The molecule has 1 amide bonds. The maximum Gasteiger partial charge on any atom is 0.408 e. The van der Waals surface area contributed by atoms with Crippen LogP contribution in [-0.2, 0) is 47.6 Å². The number of esters is 4. The molecule has 1 heterocycles. The Morgan fingerprint density at radius 2 is 1.33 bits per heavy atom. The van der Waals surface area contributed by atoms with E-state index in [1.54, 1.807) is 83.1 Å². The van der Waals surface area contributed by atoms with E-state index >= 15 is 4.79 Å². The molecule has 3 fully saturated rings. The van der Waals surface area contributed by atoms with E-state index in [0.29, 0.717) is 18.4 Å². The number of allylic oxidation sites excluding steroid dienone is 12. The van der Waals surface area contributed by atoms with Gasteiger partial charge in [-0.3, -0.25) is 14.4 Å². The van der Waals surface area contributed by atoms with Crippen LogP contribution < -0.4 is 5.32 Å². The molecule has 4 N–H and O–H groups in total. The first-order chi connectivity index (χ1) is 38.4. The zero-order valence-electron chi connectivity index (χ0n) is 48.3. The number of carbonyl (C=O) groups is 6. The molecule has 0 radical (unpaired) electrons. The number of carbonyl (C=O) groups excluding carboxylic acids is 6. The third-order valence-electron chi connectivity index (χ3n) is 15.9. The van der Waals surface area contributed by atoms with Gasteiger partial charge in [0.15, 0.2) is 17.5 Å². The molecule has 438 valence electrons. The van der Waals surface area contributed by atoms with Crippen LogP contribution in [0.5, 0.6) is 0 Å². The van der Waals surface area contributed by atoms with E-state index in [0.717, 1.165) is 39.0 Å². The predicted molar refractivity (Wildman–Crippen MR) is 305 cm³/mol. The fourth-order valence-corrected chi connectivity index (χ4v) is 11.8. The number of amides is 1. The molecule has 2 aromatic carbocycles. The molecule has 1 saturated heterocycles. The summed E-state index contributed by atoms with van der Waals surface area (Å²) in [5.41, 5.74) is -8.54. The Labute approximate surface area is 477 Å². The maximum absolute atomic E-state index is 15.8.